The summed E-state index contributed by atoms with van der Waals surface area (Å²) in [5, 5.41) is 0. The molecule has 0 aliphatic rings. The van der Waals surface area contributed by atoms with Gasteiger partial charge in [-0.1, -0.05) is 38.8 Å². The number of benzene rings is 2. The van der Waals surface area contributed by atoms with Crippen molar-refractivity contribution in [2.45, 2.75) is 50.8 Å². The number of nitrogen functional groups attached to an aromatic ring is 1. The maximum absolute atomic E-state index is 13.8. The van der Waals surface area contributed by atoms with Gasteiger partial charge in [-0.2, -0.15) is 0 Å². The lowest BCUT2D eigenvalue weighted by Gasteiger charge is -2.26. The van der Waals surface area contributed by atoms with Crippen LogP contribution in [0.1, 0.15) is 50.7 Å². The van der Waals surface area contributed by atoms with Crippen molar-refractivity contribution in [3.05, 3.63) is 59.4 Å². The monoisotopic (exact) mass is 389 g/mol. The molecule has 2 N–H and O–H groups in total. The number of rotatable bonds is 10. The Hall–Kier alpha value is -2.01. The fourth-order valence-electron chi connectivity index (χ4n) is 3.23. The van der Waals surface area contributed by atoms with E-state index in [-0.39, 0.29) is 11.6 Å². The summed E-state index contributed by atoms with van der Waals surface area (Å²) in [5.41, 5.74) is 7.48. The Bertz CT molecular complexity index is 809. The summed E-state index contributed by atoms with van der Waals surface area (Å²) in [6.07, 6.45) is 4.68. The number of halogens is 1. The largest absolute Gasteiger partial charge is 0.399 e. The maximum atomic E-state index is 13.8. The van der Waals surface area contributed by atoms with Gasteiger partial charge < -0.3 is 10.5 Å². The fourth-order valence-corrected chi connectivity index (χ4v) is 4.96. The van der Waals surface area contributed by atoms with Crippen LogP contribution in [0.5, 0.6) is 0 Å². The van der Waals surface area contributed by atoms with Gasteiger partial charge in [-0.3, -0.25) is 4.21 Å². The zero-order chi connectivity index (χ0) is 19.9. The number of aldehydes is 1. The van der Waals surface area contributed by atoms with E-state index < -0.39 is 16.2 Å². The second-order valence-corrected chi connectivity index (χ2v) is 8.52. The molecule has 0 heterocycles. The third-order valence-electron chi connectivity index (χ3n) is 5.01. The molecule has 2 aromatic rings. The minimum atomic E-state index is -1.38. The molecule has 0 amide bonds. The third kappa shape index (κ3) is 5.73. The summed E-state index contributed by atoms with van der Waals surface area (Å²) >= 11 is 0. The van der Waals surface area contributed by atoms with Crippen LogP contribution < -0.4 is 5.73 Å². The molecule has 2 atom stereocenters. The Morgan fingerprint density at radius 2 is 1.96 bits per heavy atom. The second kappa shape index (κ2) is 9.79. The van der Waals surface area contributed by atoms with E-state index in [1.54, 1.807) is 12.1 Å². The SMILES string of the molecule is CCCCC(C=O)(CC)CS(=O)c1ccc(F)cc1Cc1cccc(N)c1. The summed E-state index contributed by atoms with van der Waals surface area (Å²) in [4.78, 5) is 12.4. The van der Waals surface area contributed by atoms with Crippen LogP contribution in [0.25, 0.3) is 0 Å². The van der Waals surface area contributed by atoms with Gasteiger partial charge in [-0.05, 0) is 60.7 Å². The van der Waals surface area contributed by atoms with Crippen LogP contribution in [-0.2, 0) is 22.0 Å². The predicted octanol–water partition coefficient (Wildman–Crippen LogP) is 4.89. The lowest BCUT2D eigenvalue weighted by atomic mass is 9.84. The Balaban J connectivity index is 2.31. The molecule has 0 aliphatic carbocycles. The molecule has 0 saturated heterocycles. The minimum Gasteiger partial charge on any atom is -0.399 e. The van der Waals surface area contributed by atoms with Crippen molar-refractivity contribution in [2.24, 2.45) is 5.41 Å². The summed E-state index contributed by atoms with van der Waals surface area (Å²) in [6.45, 7) is 4.03. The Morgan fingerprint density at radius 1 is 1.19 bits per heavy atom. The van der Waals surface area contributed by atoms with Gasteiger partial charge in [0.2, 0.25) is 0 Å². The number of hydrogen-bond acceptors (Lipinski definition) is 3. The first-order valence-electron chi connectivity index (χ1n) is 9.40. The number of carbonyl (C=O) groups excluding carboxylic acids is 1. The zero-order valence-electron chi connectivity index (χ0n) is 16.0. The molecule has 2 unspecified atom stereocenters. The van der Waals surface area contributed by atoms with Gasteiger partial charge in [0.15, 0.2) is 0 Å². The third-order valence-corrected chi connectivity index (χ3v) is 6.74. The Labute approximate surface area is 163 Å². The number of carbonyl (C=O) groups is 1. The van der Waals surface area contributed by atoms with Crippen molar-refractivity contribution in [3.63, 3.8) is 0 Å². The summed E-state index contributed by atoms with van der Waals surface area (Å²) in [5.74, 6) is -0.0967. The minimum absolute atomic E-state index is 0.266. The van der Waals surface area contributed by atoms with E-state index in [0.717, 1.165) is 31.1 Å². The standard InChI is InChI=1S/C22H28FNO2S/c1-3-5-11-22(4-2,15-25)16-27(26)21-10-9-19(23)14-18(21)12-17-7-6-8-20(24)13-17/h6-10,13-15H,3-5,11-12,16,24H2,1-2H3. The van der Waals surface area contributed by atoms with Crippen molar-refractivity contribution in [2.75, 3.05) is 11.5 Å². The molecule has 0 aliphatic heterocycles. The van der Waals surface area contributed by atoms with Crippen molar-refractivity contribution in [1.82, 2.24) is 0 Å². The fraction of sp³-hybridized carbons (Fsp3) is 0.409. The van der Waals surface area contributed by atoms with Crippen LogP contribution in [0.2, 0.25) is 0 Å². The molecule has 0 saturated carbocycles. The van der Waals surface area contributed by atoms with Crippen molar-refractivity contribution in [1.29, 1.82) is 0 Å². The smallest absolute Gasteiger partial charge is 0.127 e. The van der Waals surface area contributed by atoms with Crippen LogP contribution in [0.4, 0.5) is 10.1 Å². The molecular weight excluding hydrogens is 361 g/mol. The number of unbranched alkanes of at least 4 members (excludes halogenated alkanes) is 1. The average Bonchev–Trinajstić information content (AvgIpc) is 2.65. The van der Waals surface area contributed by atoms with Crippen LogP contribution in [0.3, 0.4) is 0 Å². The van der Waals surface area contributed by atoms with Gasteiger partial charge in [-0.25, -0.2) is 4.39 Å². The number of hydrogen-bond donors (Lipinski definition) is 1. The van der Waals surface area contributed by atoms with E-state index in [2.05, 4.69) is 6.92 Å². The Morgan fingerprint density at radius 3 is 2.59 bits per heavy atom. The van der Waals surface area contributed by atoms with Crippen molar-refractivity contribution >= 4 is 22.8 Å². The van der Waals surface area contributed by atoms with E-state index in [0.29, 0.717) is 29.0 Å². The highest BCUT2D eigenvalue weighted by molar-refractivity contribution is 7.85. The number of nitrogens with two attached hydrogens (primary N) is 1. The predicted molar refractivity (Wildman–Crippen MR) is 110 cm³/mol. The number of anilines is 1. The van der Waals surface area contributed by atoms with Crippen LogP contribution in [0.15, 0.2) is 47.4 Å². The van der Waals surface area contributed by atoms with Gasteiger partial charge in [0.05, 0.1) is 10.8 Å². The van der Waals surface area contributed by atoms with Crippen molar-refractivity contribution in [3.8, 4) is 0 Å². The molecule has 0 aromatic heterocycles. The summed E-state index contributed by atoms with van der Waals surface area (Å²) < 4.78 is 27.0. The van der Waals surface area contributed by atoms with Crippen LogP contribution in [-0.4, -0.2) is 16.2 Å². The highest BCUT2D eigenvalue weighted by Gasteiger charge is 2.30. The van der Waals surface area contributed by atoms with E-state index in [4.69, 9.17) is 5.73 Å². The first-order valence-corrected chi connectivity index (χ1v) is 10.7. The lowest BCUT2D eigenvalue weighted by Crippen LogP contribution is -2.29. The normalized spacial score (nSPS) is 14.5. The lowest BCUT2D eigenvalue weighted by molar-refractivity contribution is -0.115. The van der Waals surface area contributed by atoms with E-state index in [9.17, 15) is 13.4 Å². The van der Waals surface area contributed by atoms with Gasteiger partial charge in [0, 0.05) is 21.8 Å². The average molecular weight is 390 g/mol. The van der Waals surface area contributed by atoms with Gasteiger partial charge in [0.1, 0.15) is 12.1 Å². The molecule has 0 spiro atoms. The molecule has 0 bridgehead atoms. The van der Waals surface area contributed by atoms with Crippen molar-refractivity contribution < 1.29 is 13.4 Å². The summed E-state index contributed by atoms with van der Waals surface area (Å²) in [6, 6.07) is 11.7. The van der Waals surface area contributed by atoms with Gasteiger partial charge in [-0.15, -0.1) is 0 Å². The maximum Gasteiger partial charge on any atom is 0.127 e. The quantitative estimate of drug-likeness (QED) is 0.465. The zero-order valence-corrected chi connectivity index (χ0v) is 16.9. The topological polar surface area (TPSA) is 60.2 Å². The molecule has 5 heteroatoms. The molecule has 2 aromatic carbocycles. The van der Waals surface area contributed by atoms with Crippen LogP contribution >= 0.6 is 0 Å². The molecule has 0 fully saturated rings. The molecular formula is C22H28FNO2S. The molecule has 2 rings (SSSR count). The molecule has 0 radical (unpaired) electrons. The molecule has 146 valence electrons. The van der Waals surface area contributed by atoms with E-state index in [1.807, 2.05) is 25.1 Å². The first-order chi connectivity index (χ1) is 12.9. The Kier molecular flexibility index (Phi) is 7.72. The highest BCUT2D eigenvalue weighted by atomic mass is 32.2. The molecule has 3 nitrogen and oxygen atoms in total. The second-order valence-electron chi connectivity index (χ2n) is 7.10. The summed E-state index contributed by atoms with van der Waals surface area (Å²) in [7, 11) is -1.38. The first kappa shape index (κ1) is 21.3. The van der Waals surface area contributed by atoms with Gasteiger partial charge in [0.25, 0.3) is 0 Å². The van der Waals surface area contributed by atoms with E-state index >= 15 is 0 Å². The molecule has 27 heavy (non-hydrogen) atoms. The highest BCUT2D eigenvalue weighted by Crippen LogP contribution is 2.31. The van der Waals surface area contributed by atoms with Crippen LogP contribution in [0, 0.1) is 11.2 Å². The van der Waals surface area contributed by atoms with Gasteiger partial charge >= 0.3 is 0 Å². The van der Waals surface area contributed by atoms with E-state index in [1.165, 1.54) is 12.1 Å².